The van der Waals surface area contributed by atoms with Crippen molar-refractivity contribution in [2.75, 3.05) is 19.5 Å². The second kappa shape index (κ2) is 9.83. The molecule has 0 aliphatic heterocycles. The fourth-order valence-corrected chi connectivity index (χ4v) is 3.21. The molecule has 176 valence electrons. The van der Waals surface area contributed by atoms with E-state index in [0.717, 1.165) is 0 Å². The lowest BCUT2D eigenvalue weighted by Crippen LogP contribution is -2.22. The summed E-state index contributed by atoms with van der Waals surface area (Å²) >= 11 is 0. The molecule has 3 aromatic carbocycles. The number of hydrogen-bond donors (Lipinski definition) is 1. The zero-order valence-electron chi connectivity index (χ0n) is 18.6. The van der Waals surface area contributed by atoms with Crippen molar-refractivity contribution in [1.29, 1.82) is 0 Å². The van der Waals surface area contributed by atoms with Crippen LogP contribution in [-0.4, -0.2) is 40.8 Å². The summed E-state index contributed by atoms with van der Waals surface area (Å²) in [7, 11) is 3.04. The van der Waals surface area contributed by atoms with Crippen LogP contribution in [0.5, 0.6) is 23.1 Å². The number of Topliss-reactive ketones (excluding diaryl/α,β-unsaturated/α-hetero) is 1. The van der Waals surface area contributed by atoms with Crippen LogP contribution in [0.1, 0.15) is 10.4 Å². The number of fused-ring (bicyclic) bond motifs is 1. The van der Waals surface area contributed by atoms with Crippen LogP contribution in [0.25, 0.3) is 10.9 Å². The molecule has 0 saturated heterocycles. The third-order valence-electron chi connectivity index (χ3n) is 4.98. The average Bonchev–Trinajstić information content (AvgIpc) is 2.88. The van der Waals surface area contributed by atoms with Crippen LogP contribution in [0.3, 0.4) is 0 Å². The van der Waals surface area contributed by atoms with Gasteiger partial charge >= 0.3 is 0 Å². The topological polar surface area (TPSA) is 143 Å². The molecular weight excluding hydrogens is 456 g/mol. The first-order chi connectivity index (χ1) is 16.9. The van der Waals surface area contributed by atoms with Gasteiger partial charge in [-0.3, -0.25) is 19.7 Å². The first-order valence-electron chi connectivity index (χ1n) is 10.1. The zero-order valence-corrected chi connectivity index (χ0v) is 18.6. The van der Waals surface area contributed by atoms with E-state index in [1.807, 2.05) is 0 Å². The van der Waals surface area contributed by atoms with Gasteiger partial charge in [0.1, 0.15) is 12.1 Å². The summed E-state index contributed by atoms with van der Waals surface area (Å²) in [5, 5.41) is 13.7. The standard InChI is InChI=1S/C24H18N4O7/c1-33-20-11-18-19(12-21(20)34-2)25-13-26-24(18)35-17-9-3-14(4-10-17)22(29)23(30)27-15-5-7-16(8-6-15)28(31)32/h3-13H,1-2H3,(H,27,30). The number of non-ortho nitro benzene ring substituents is 1. The maximum Gasteiger partial charge on any atom is 0.296 e. The number of nitro groups is 1. The highest BCUT2D eigenvalue weighted by Gasteiger charge is 2.18. The molecule has 0 saturated carbocycles. The van der Waals surface area contributed by atoms with Crippen molar-refractivity contribution in [3.8, 4) is 23.1 Å². The Balaban J connectivity index is 1.49. The van der Waals surface area contributed by atoms with E-state index < -0.39 is 16.6 Å². The lowest BCUT2D eigenvalue weighted by atomic mass is 10.1. The summed E-state index contributed by atoms with van der Waals surface area (Å²) in [5.41, 5.74) is 0.855. The Labute approximate surface area is 198 Å². The predicted molar refractivity (Wildman–Crippen MR) is 125 cm³/mol. The molecule has 0 atom stereocenters. The fourth-order valence-electron chi connectivity index (χ4n) is 3.21. The van der Waals surface area contributed by atoms with Gasteiger partial charge in [0.15, 0.2) is 11.5 Å². The van der Waals surface area contributed by atoms with Gasteiger partial charge in [0, 0.05) is 29.4 Å². The molecule has 0 spiro atoms. The van der Waals surface area contributed by atoms with Gasteiger partial charge in [0.05, 0.1) is 30.0 Å². The van der Waals surface area contributed by atoms with Gasteiger partial charge in [-0.25, -0.2) is 9.97 Å². The number of nitrogens with one attached hydrogen (secondary N) is 1. The second-order valence-corrected chi connectivity index (χ2v) is 7.12. The van der Waals surface area contributed by atoms with Crippen molar-refractivity contribution in [3.05, 3.63) is 82.7 Å². The molecule has 0 unspecified atom stereocenters. The molecule has 0 aliphatic rings. The van der Waals surface area contributed by atoms with E-state index in [-0.39, 0.29) is 22.8 Å². The first-order valence-corrected chi connectivity index (χ1v) is 10.1. The maximum atomic E-state index is 12.5. The third-order valence-corrected chi connectivity index (χ3v) is 4.98. The predicted octanol–water partition coefficient (Wildman–Crippen LogP) is 4.17. The van der Waals surface area contributed by atoms with Crippen LogP contribution in [0, 0.1) is 10.1 Å². The zero-order chi connectivity index (χ0) is 24.9. The molecular formula is C24H18N4O7. The highest BCUT2D eigenvalue weighted by Crippen LogP contribution is 2.35. The number of nitro benzene ring substituents is 1. The molecule has 35 heavy (non-hydrogen) atoms. The van der Waals surface area contributed by atoms with Crippen molar-refractivity contribution >= 4 is 34.0 Å². The van der Waals surface area contributed by atoms with E-state index in [9.17, 15) is 19.7 Å². The maximum absolute atomic E-state index is 12.5. The van der Waals surface area contributed by atoms with Crippen molar-refractivity contribution in [1.82, 2.24) is 9.97 Å². The number of methoxy groups -OCH3 is 2. The van der Waals surface area contributed by atoms with Gasteiger partial charge in [-0.1, -0.05) is 0 Å². The van der Waals surface area contributed by atoms with Gasteiger partial charge < -0.3 is 19.5 Å². The molecule has 1 N–H and O–H groups in total. The van der Waals surface area contributed by atoms with E-state index >= 15 is 0 Å². The summed E-state index contributed by atoms with van der Waals surface area (Å²) in [6.45, 7) is 0. The summed E-state index contributed by atoms with van der Waals surface area (Å²) in [6.07, 6.45) is 1.35. The number of benzene rings is 3. The van der Waals surface area contributed by atoms with Crippen LogP contribution < -0.4 is 19.5 Å². The highest BCUT2D eigenvalue weighted by atomic mass is 16.6. The smallest absolute Gasteiger partial charge is 0.296 e. The van der Waals surface area contributed by atoms with E-state index in [1.165, 1.54) is 69.1 Å². The number of amides is 1. The van der Waals surface area contributed by atoms with Gasteiger partial charge in [-0.2, -0.15) is 0 Å². The molecule has 0 radical (unpaired) electrons. The fraction of sp³-hybridized carbons (Fsp3) is 0.0833. The van der Waals surface area contributed by atoms with Crippen molar-refractivity contribution in [3.63, 3.8) is 0 Å². The van der Waals surface area contributed by atoms with E-state index in [2.05, 4.69) is 15.3 Å². The van der Waals surface area contributed by atoms with Crippen LogP contribution in [0.15, 0.2) is 67.0 Å². The number of ether oxygens (including phenoxy) is 3. The SMILES string of the molecule is COc1cc2ncnc(Oc3ccc(C(=O)C(=O)Nc4ccc([N+](=O)[O-])cc4)cc3)c2cc1OC. The molecule has 0 bridgehead atoms. The van der Waals surface area contributed by atoms with Crippen LogP contribution in [0.4, 0.5) is 11.4 Å². The third kappa shape index (κ3) is 4.98. The summed E-state index contributed by atoms with van der Waals surface area (Å²) in [4.78, 5) is 43.4. The second-order valence-electron chi connectivity index (χ2n) is 7.12. The Morgan fingerprint density at radius 2 is 1.57 bits per heavy atom. The molecule has 0 aliphatic carbocycles. The number of carbonyl (C=O) groups is 2. The summed E-state index contributed by atoms with van der Waals surface area (Å²) in [5.74, 6) is -0.00761. The average molecular weight is 474 g/mol. The Bertz CT molecular complexity index is 1420. The van der Waals surface area contributed by atoms with Gasteiger partial charge in [0.2, 0.25) is 5.88 Å². The number of anilines is 1. The van der Waals surface area contributed by atoms with Crippen LogP contribution in [0.2, 0.25) is 0 Å². The molecule has 1 aromatic heterocycles. The molecule has 11 nitrogen and oxygen atoms in total. The Morgan fingerprint density at radius 3 is 2.20 bits per heavy atom. The van der Waals surface area contributed by atoms with Gasteiger partial charge in [-0.05, 0) is 42.5 Å². The number of hydrogen-bond acceptors (Lipinski definition) is 9. The number of aromatic nitrogens is 2. The van der Waals surface area contributed by atoms with E-state index in [0.29, 0.717) is 28.2 Å². The monoisotopic (exact) mass is 474 g/mol. The highest BCUT2D eigenvalue weighted by molar-refractivity contribution is 6.46. The minimum absolute atomic E-state index is 0.126. The normalized spacial score (nSPS) is 10.5. The molecule has 11 heteroatoms. The number of carbonyl (C=O) groups excluding carboxylic acids is 2. The van der Waals surface area contributed by atoms with Crippen LogP contribution >= 0.6 is 0 Å². The summed E-state index contributed by atoms with van der Waals surface area (Å²) < 4.78 is 16.5. The number of ketones is 1. The number of nitrogens with zero attached hydrogens (tertiary/aromatic N) is 3. The molecule has 4 rings (SSSR count). The lowest BCUT2D eigenvalue weighted by molar-refractivity contribution is -0.384. The lowest BCUT2D eigenvalue weighted by Gasteiger charge is -2.11. The van der Waals surface area contributed by atoms with Crippen molar-refractivity contribution < 1.29 is 28.7 Å². The minimum atomic E-state index is -0.879. The van der Waals surface area contributed by atoms with E-state index in [4.69, 9.17) is 14.2 Å². The first kappa shape index (κ1) is 23.1. The Kier molecular flexibility index (Phi) is 6.49. The van der Waals surface area contributed by atoms with Gasteiger partial charge in [0.25, 0.3) is 17.4 Å². The minimum Gasteiger partial charge on any atom is -0.493 e. The largest absolute Gasteiger partial charge is 0.493 e. The molecule has 1 heterocycles. The Morgan fingerprint density at radius 1 is 0.914 bits per heavy atom. The molecule has 1 amide bonds. The quantitative estimate of drug-likeness (QED) is 0.172. The van der Waals surface area contributed by atoms with Gasteiger partial charge in [-0.15, -0.1) is 0 Å². The molecule has 0 fully saturated rings. The molecule has 4 aromatic rings. The van der Waals surface area contributed by atoms with Crippen molar-refractivity contribution in [2.45, 2.75) is 0 Å². The van der Waals surface area contributed by atoms with Crippen LogP contribution in [-0.2, 0) is 4.79 Å². The van der Waals surface area contributed by atoms with Crippen molar-refractivity contribution in [2.24, 2.45) is 0 Å². The summed E-state index contributed by atoms with van der Waals surface area (Å²) in [6, 6.07) is 14.5. The van der Waals surface area contributed by atoms with E-state index in [1.54, 1.807) is 12.1 Å². The number of rotatable bonds is 8. The Hall–Kier alpha value is -5.06.